The van der Waals surface area contributed by atoms with Crippen LogP contribution in [0.3, 0.4) is 0 Å². The van der Waals surface area contributed by atoms with E-state index in [2.05, 4.69) is 31.7 Å². The molecule has 1 aliphatic heterocycles. The third-order valence-corrected chi connectivity index (χ3v) is 4.41. The van der Waals surface area contributed by atoms with Crippen LogP contribution in [-0.4, -0.2) is 53.5 Å². The van der Waals surface area contributed by atoms with E-state index in [1.165, 1.54) is 18.6 Å². The van der Waals surface area contributed by atoms with Crippen LogP contribution < -0.4 is 10.2 Å². The van der Waals surface area contributed by atoms with Crippen molar-refractivity contribution in [3.8, 4) is 0 Å². The number of aromatic nitrogens is 2. The maximum atomic E-state index is 12.4. The van der Waals surface area contributed by atoms with Crippen molar-refractivity contribution in [2.24, 2.45) is 0 Å². The first-order chi connectivity index (χ1) is 12.2. The fourth-order valence-electron chi connectivity index (χ4n) is 2.88. The van der Waals surface area contributed by atoms with Crippen molar-refractivity contribution < 1.29 is 4.79 Å². The number of carbonyl (C=O) groups excluding carboxylic acids is 1. The van der Waals surface area contributed by atoms with Gasteiger partial charge in [0.15, 0.2) is 0 Å². The van der Waals surface area contributed by atoms with Crippen LogP contribution in [0.1, 0.15) is 10.5 Å². The van der Waals surface area contributed by atoms with E-state index in [1.54, 1.807) is 0 Å². The summed E-state index contributed by atoms with van der Waals surface area (Å²) in [6.07, 6.45) is 6.38. The number of rotatable bonds is 5. The van der Waals surface area contributed by atoms with Gasteiger partial charge in [0.05, 0.1) is 22.6 Å². The van der Waals surface area contributed by atoms with E-state index in [1.807, 2.05) is 24.3 Å². The van der Waals surface area contributed by atoms with Crippen LogP contribution in [0.4, 0.5) is 11.4 Å². The molecule has 1 amide bonds. The topological polar surface area (TPSA) is 61.4 Å². The molecule has 1 saturated heterocycles. The van der Waals surface area contributed by atoms with Gasteiger partial charge >= 0.3 is 0 Å². The SMILES string of the molecule is C=CCN1CCN(c2c(Cl)cccc2NC(=O)c2cnccn2)CC1. The van der Waals surface area contributed by atoms with Gasteiger partial charge in [-0.25, -0.2) is 4.98 Å². The molecule has 0 aliphatic carbocycles. The molecule has 7 heteroatoms. The zero-order valence-electron chi connectivity index (χ0n) is 13.9. The second-order valence-electron chi connectivity index (χ2n) is 5.76. The number of amides is 1. The van der Waals surface area contributed by atoms with Gasteiger partial charge in [0.1, 0.15) is 5.69 Å². The molecule has 1 aliphatic rings. The van der Waals surface area contributed by atoms with E-state index in [0.29, 0.717) is 10.7 Å². The van der Waals surface area contributed by atoms with Gasteiger partial charge in [0, 0.05) is 45.1 Å². The number of hydrogen-bond acceptors (Lipinski definition) is 5. The molecule has 0 radical (unpaired) electrons. The quantitative estimate of drug-likeness (QED) is 0.834. The Hall–Kier alpha value is -2.44. The summed E-state index contributed by atoms with van der Waals surface area (Å²) in [6, 6.07) is 5.52. The van der Waals surface area contributed by atoms with Crippen LogP contribution in [0.2, 0.25) is 5.02 Å². The van der Waals surface area contributed by atoms with E-state index in [0.717, 1.165) is 38.4 Å². The highest BCUT2D eigenvalue weighted by Gasteiger charge is 2.22. The number of anilines is 2. The normalized spacial score (nSPS) is 15.0. The van der Waals surface area contributed by atoms with Gasteiger partial charge in [0.25, 0.3) is 5.91 Å². The Bertz CT molecular complexity index is 744. The van der Waals surface area contributed by atoms with Gasteiger partial charge in [0.2, 0.25) is 0 Å². The molecule has 0 unspecified atom stereocenters. The molecule has 0 bridgehead atoms. The van der Waals surface area contributed by atoms with Crippen molar-refractivity contribution in [1.29, 1.82) is 0 Å². The average molecular weight is 358 g/mol. The van der Waals surface area contributed by atoms with Crippen molar-refractivity contribution in [3.63, 3.8) is 0 Å². The Morgan fingerprint density at radius 3 is 2.76 bits per heavy atom. The van der Waals surface area contributed by atoms with Crippen molar-refractivity contribution in [1.82, 2.24) is 14.9 Å². The molecule has 0 spiro atoms. The van der Waals surface area contributed by atoms with E-state index in [-0.39, 0.29) is 11.6 Å². The summed E-state index contributed by atoms with van der Waals surface area (Å²) in [5.74, 6) is -0.304. The minimum absolute atomic E-state index is 0.268. The number of hydrogen-bond donors (Lipinski definition) is 1. The summed E-state index contributed by atoms with van der Waals surface area (Å²) in [5, 5.41) is 3.52. The minimum atomic E-state index is -0.304. The Morgan fingerprint density at radius 1 is 1.28 bits per heavy atom. The standard InChI is InChI=1S/C18H20ClN5O/c1-2-8-23-9-11-24(12-10-23)17-14(19)4-3-5-15(17)22-18(25)16-13-20-6-7-21-16/h2-7,13H,1,8-12H2,(H,22,25). The van der Waals surface area contributed by atoms with Crippen LogP contribution in [0.15, 0.2) is 49.4 Å². The number of nitrogens with zero attached hydrogens (tertiary/aromatic N) is 4. The molecule has 1 fully saturated rings. The maximum absolute atomic E-state index is 12.4. The van der Waals surface area contributed by atoms with Crippen molar-refractivity contribution in [3.05, 3.63) is 60.2 Å². The third kappa shape index (κ3) is 4.15. The molecule has 25 heavy (non-hydrogen) atoms. The second kappa shape index (κ2) is 8.09. The van der Waals surface area contributed by atoms with Crippen LogP contribution in [0.25, 0.3) is 0 Å². The van der Waals surface area contributed by atoms with Crippen LogP contribution in [0, 0.1) is 0 Å². The second-order valence-corrected chi connectivity index (χ2v) is 6.16. The molecular weight excluding hydrogens is 338 g/mol. The fourth-order valence-corrected chi connectivity index (χ4v) is 3.17. The highest BCUT2D eigenvalue weighted by molar-refractivity contribution is 6.34. The lowest BCUT2D eigenvalue weighted by molar-refractivity contribution is 0.102. The highest BCUT2D eigenvalue weighted by Crippen LogP contribution is 2.34. The Morgan fingerprint density at radius 2 is 2.08 bits per heavy atom. The largest absolute Gasteiger partial charge is 0.366 e. The first kappa shape index (κ1) is 17.4. The molecule has 1 N–H and O–H groups in total. The first-order valence-electron chi connectivity index (χ1n) is 8.13. The van der Waals surface area contributed by atoms with Crippen LogP contribution >= 0.6 is 11.6 Å². The third-order valence-electron chi connectivity index (χ3n) is 4.11. The van der Waals surface area contributed by atoms with Crippen LogP contribution in [-0.2, 0) is 0 Å². The maximum Gasteiger partial charge on any atom is 0.275 e. The summed E-state index contributed by atoms with van der Waals surface area (Å²) in [7, 11) is 0. The number of benzene rings is 1. The highest BCUT2D eigenvalue weighted by atomic mass is 35.5. The number of nitrogens with one attached hydrogen (secondary N) is 1. The zero-order valence-corrected chi connectivity index (χ0v) is 14.6. The summed E-state index contributed by atoms with van der Waals surface area (Å²) >= 11 is 6.44. The van der Waals surface area contributed by atoms with Crippen molar-refractivity contribution in [2.45, 2.75) is 0 Å². The number of carbonyl (C=O) groups is 1. The monoisotopic (exact) mass is 357 g/mol. The molecule has 130 valence electrons. The summed E-state index contributed by atoms with van der Waals surface area (Å²) in [4.78, 5) is 24.9. The van der Waals surface area contributed by atoms with Gasteiger partial charge < -0.3 is 10.2 Å². The smallest absolute Gasteiger partial charge is 0.275 e. The first-order valence-corrected chi connectivity index (χ1v) is 8.51. The number of piperazine rings is 1. The lowest BCUT2D eigenvalue weighted by Gasteiger charge is -2.36. The lowest BCUT2D eigenvalue weighted by atomic mass is 10.2. The van der Waals surface area contributed by atoms with Gasteiger partial charge in [-0.05, 0) is 12.1 Å². The molecule has 2 aromatic rings. The number of para-hydroxylation sites is 1. The predicted octanol–water partition coefficient (Wildman–Crippen LogP) is 2.69. The van der Waals surface area contributed by atoms with Gasteiger partial charge in [-0.1, -0.05) is 23.7 Å². The predicted molar refractivity (Wildman–Crippen MR) is 100 cm³/mol. The molecule has 2 heterocycles. The van der Waals surface area contributed by atoms with E-state index in [4.69, 9.17) is 11.6 Å². The van der Waals surface area contributed by atoms with Gasteiger partial charge in [-0.15, -0.1) is 6.58 Å². The molecular formula is C18H20ClN5O. The number of halogens is 1. The molecule has 6 nitrogen and oxygen atoms in total. The van der Waals surface area contributed by atoms with E-state index in [9.17, 15) is 4.79 Å². The molecule has 1 aromatic carbocycles. The lowest BCUT2D eigenvalue weighted by Crippen LogP contribution is -2.46. The molecule has 3 rings (SSSR count). The van der Waals surface area contributed by atoms with Crippen molar-refractivity contribution in [2.75, 3.05) is 42.9 Å². The zero-order chi connectivity index (χ0) is 17.6. The van der Waals surface area contributed by atoms with Gasteiger partial charge in [-0.3, -0.25) is 14.7 Å². The summed E-state index contributed by atoms with van der Waals surface area (Å²) in [6.45, 7) is 8.20. The molecule has 0 atom stereocenters. The average Bonchev–Trinajstić information content (AvgIpc) is 2.64. The summed E-state index contributed by atoms with van der Waals surface area (Å²) in [5.41, 5.74) is 1.80. The van der Waals surface area contributed by atoms with Gasteiger partial charge in [-0.2, -0.15) is 0 Å². The van der Waals surface area contributed by atoms with Crippen LogP contribution in [0.5, 0.6) is 0 Å². The Kier molecular flexibility index (Phi) is 5.63. The van der Waals surface area contributed by atoms with Crippen molar-refractivity contribution >= 4 is 28.9 Å². The van der Waals surface area contributed by atoms with E-state index >= 15 is 0 Å². The minimum Gasteiger partial charge on any atom is -0.366 e. The molecule has 1 aromatic heterocycles. The van der Waals surface area contributed by atoms with E-state index < -0.39 is 0 Å². The Labute approximate surface area is 152 Å². The Balaban J connectivity index is 1.79. The summed E-state index contributed by atoms with van der Waals surface area (Å²) < 4.78 is 0. The molecule has 0 saturated carbocycles. The fraction of sp³-hybridized carbons (Fsp3) is 0.278.